The number of nitrogens with two attached hydrogens (primary N) is 1. The molecule has 0 radical (unpaired) electrons. The lowest BCUT2D eigenvalue weighted by molar-refractivity contribution is 0.164. The smallest absolute Gasteiger partial charge is 0.0704 e. The molecular weight excluding hydrogens is 198 g/mol. The molecule has 0 saturated heterocycles. The first-order valence-electron chi connectivity index (χ1n) is 4.53. The van der Waals surface area contributed by atoms with E-state index in [-0.39, 0.29) is 18.4 Å². The monoisotopic (exact) mass is 215 g/mol. The lowest BCUT2D eigenvalue weighted by atomic mass is 9.97. The van der Waals surface area contributed by atoms with Gasteiger partial charge in [0.25, 0.3) is 0 Å². The first kappa shape index (κ1) is 13.4. The molecule has 3 heteroatoms. The van der Waals surface area contributed by atoms with Gasteiger partial charge in [0.15, 0.2) is 0 Å². The summed E-state index contributed by atoms with van der Waals surface area (Å²) in [4.78, 5) is 0. The number of aliphatic hydroxyl groups is 1. The minimum absolute atomic E-state index is 0. The molecular formula is C11H18ClNO. The van der Waals surface area contributed by atoms with Crippen molar-refractivity contribution >= 4 is 12.4 Å². The van der Waals surface area contributed by atoms with Gasteiger partial charge in [0, 0.05) is 0 Å². The third-order valence-electron chi connectivity index (χ3n) is 2.30. The fourth-order valence-corrected chi connectivity index (χ4v) is 1.46. The highest BCUT2D eigenvalue weighted by molar-refractivity contribution is 5.85. The zero-order chi connectivity index (χ0) is 10.0. The van der Waals surface area contributed by atoms with Crippen molar-refractivity contribution in [2.45, 2.75) is 32.9 Å². The van der Waals surface area contributed by atoms with Crippen molar-refractivity contribution in [1.29, 1.82) is 0 Å². The first-order chi connectivity index (χ1) is 6.02. The largest absolute Gasteiger partial charge is 0.391 e. The van der Waals surface area contributed by atoms with Crippen molar-refractivity contribution in [3.8, 4) is 0 Å². The lowest BCUT2D eigenvalue weighted by Crippen LogP contribution is -2.23. The first-order valence-corrected chi connectivity index (χ1v) is 4.53. The number of benzene rings is 1. The molecule has 1 aromatic rings. The van der Waals surface area contributed by atoms with E-state index in [2.05, 4.69) is 6.07 Å². The standard InChI is InChI=1S/C11H17NO.ClH/c1-7-4-5-10(8(2)6-7)11(12)9(3)13;/h4-6,9,11,13H,12H2,1-3H3;1H/t9-,11-;/m1./s1. The van der Waals surface area contributed by atoms with Crippen molar-refractivity contribution in [1.82, 2.24) is 0 Å². The van der Waals surface area contributed by atoms with Crippen LogP contribution in [0.1, 0.15) is 29.7 Å². The van der Waals surface area contributed by atoms with Gasteiger partial charge >= 0.3 is 0 Å². The molecule has 2 atom stereocenters. The third kappa shape index (κ3) is 2.98. The summed E-state index contributed by atoms with van der Waals surface area (Å²) in [6.07, 6.45) is -0.499. The average molecular weight is 216 g/mol. The van der Waals surface area contributed by atoms with Gasteiger partial charge in [-0.1, -0.05) is 23.8 Å². The topological polar surface area (TPSA) is 46.2 Å². The Labute approximate surface area is 91.5 Å². The second-order valence-electron chi connectivity index (χ2n) is 3.63. The maximum Gasteiger partial charge on any atom is 0.0704 e. The normalized spacial score (nSPS) is 14.4. The van der Waals surface area contributed by atoms with Gasteiger partial charge in [0.05, 0.1) is 12.1 Å². The quantitative estimate of drug-likeness (QED) is 0.794. The summed E-state index contributed by atoms with van der Waals surface area (Å²) in [5, 5.41) is 9.34. The van der Waals surface area contributed by atoms with Crippen LogP contribution in [0.3, 0.4) is 0 Å². The minimum atomic E-state index is -0.499. The Kier molecular flexibility index (Phi) is 5.13. The van der Waals surface area contributed by atoms with Gasteiger partial charge in [-0.25, -0.2) is 0 Å². The van der Waals surface area contributed by atoms with Crippen LogP contribution in [0.15, 0.2) is 18.2 Å². The summed E-state index contributed by atoms with van der Waals surface area (Å²) < 4.78 is 0. The number of halogens is 1. The van der Waals surface area contributed by atoms with Crippen LogP contribution >= 0.6 is 12.4 Å². The summed E-state index contributed by atoms with van der Waals surface area (Å²) in [5.74, 6) is 0. The third-order valence-corrected chi connectivity index (χ3v) is 2.30. The molecule has 14 heavy (non-hydrogen) atoms. The Balaban J connectivity index is 0.00000169. The highest BCUT2D eigenvalue weighted by atomic mass is 35.5. The van der Waals surface area contributed by atoms with E-state index in [0.717, 1.165) is 11.1 Å². The number of hydrogen-bond donors (Lipinski definition) is 2. The van der Waals surface area contributed by atoms with Crippen LogP contribution in [-0.2, 0) is 0 Å². The molecule has 80 valence electrons. The van der Waals surface area contributed by atoms with Crippen LogP contribution in [0.25, 0.3) is 0 Å². The SMILES string of the molecule is Cc1ccc([C@H](N)[C@@H](C)O)c(C)c1.Cl. The number of rotatable bonds is 2. The maximum absolute atomic E-state index is 9.34. The van der Waals surface area contributed by atoms with Gasteiger partial charge in [-0.2, -0.15) is 0 Å². The number of hydrogen-bond acceptors (Lipinski definition) is 2. The van der Waals surface area contributed by atoms with Gasteiger partial charge in [0.2, 0.25) is 0 Å². The summed E-state index contributed by atoms with van der Waals surface area (Å²) in [6.45, 7) is 5.78. The van der Waals surface area contributed by atoms with Gasteiger partial charge in [-0.15, -0.1) is 12.4 Å². The molecule has 1 rings (SSSR count). The van der Waals surface area contributed by atoms with E-state index < -0.39 is 6.10 Å². The summed E-state index contributed by atoms with van der Waals surface area (Å²) in [6, 6.07) is 5.81. The van der Waals surface area contributed by atoms with Gasteiger partial charge in [-0.3, -0.25) is 0 Å². The Morgan fingerprint density at radius 3 is 2.29 bits per heavy atom. The van der Waals surface area contributed by atoms with Gasteiger partial charge in [-0.05, 0) is 31.9 Å². The molecule has 0 amide bonds. The van der Waals surface area contributed by atoms with Crippen molar-refractivity contribution in [2.75, 3.05) is 0 Å². The Morgan fingerprint density at radius 2 is 1.86 bits per heavy atom. The van der Waals surface area contributed by atoms with Crippen LogP contribution in [-0.4, -0.2) is 11.2 Å². The molecule has 0 aliphatic carbocycles. The molecule has 0 aliphatic rings. The zero-order valence-electron chi connectivity index (χ0n) is 8.82. The van der Waals surface area contributed by atoms with Crippen molar-refractivity contribution in [2.24, 2.45) is 5.73 Å². The van der Waals surface area contributed by atoms with Crippen LogP contribution in [0.5, 0.6) is 0 Å². The number of aliphatic hydroxyl groups excluding tert-OH is 1. The predicted molar refractivity (Wildman–Crippen MR) is 61.8 cm³/mol. The molecule has 0 fully saturated rings. The van der Waals surface area contributed by atoms with Crippen molar-refractivity contribution in [3.05, 3.63) is 34.9 Å². The van der Waals surface area contributed by atoms with Crippen LogP contribution in [0.2, 0.25) is 0 Å². The average Bonchev–Trinajstić information content (AvgIpc) is 2.03. The van der Waals surface area contributed by atoms with E-state index in [1.54, 1.807) is 6.92 Å². The highest BCUT2D eigenvalue weighted by Gasteiger charge is 2.13. The molecule has 0 aliphatic heterocycles. The fraction of sp³-hybridized carbons (Fsp3) is 0.455. The van der Waals surface area contributed by atoms with E-state index in [1.807, 2.05) is 26.0 Å². The second-order valence-corrected chi connectivity index (χ2v) is 3.63. The summed E-state index contributed by atoms with van der Waals surface area (Å²) in [5.41, 5.74) is 9.24. The molecule has 0 bridgehead atoms. The molecule has 3 N–H and O–H groups in total. The minimum Gasteiger partial charge on any atom is -0.391 e. The molecule has 0 saturated carbocycles. The maximum atomic E-state index is 9.34. The zero-order valence-corrected chi connectivity index (χ0v) is 9.64. The van der Waals surface area contributed by atoms with Crippen molar-refractivity contribution < 1.29 is 5.11 Å². The Hall–Kier alpha value is -0.570. The van der Waals surface area contributed by atoms with Crippen LogP contribution < -0.4 is 5.73 Å². The van der Waals surface area contributed by atoms with E-state index in [1.165, 1.54) is 5.56 Å². The van der Waals surface area contributed by atoms with Gasteiger partial charge < -0.3 is 10.8 Å². The lowest BCUT2D eigenvalue weighted by Gasteiger charge is -2.17. The Morgan fingerprint density at radius 1 is 1.29 bits per heavy atom. The van der Waals surface area contributed by atoms with Crippen LogP contribution in [0, 0.1) is 13.8 Å². The van der Waals surface area contributed by atoms with Crippen LogP contribution in [0.4, 0.5) is 0 Å². The molecule has 0 spiro atoms. The van der Waals surface area contributed by atoms with Crippen molar-refractivity contribution in [3.63, 3.8) is 0 Å². The molecule has 1 aromatic carbocycles. The summed E-state index contributed by atoms with van der Waals surface area (Å²) in [7, 11) is 0. The molecule has 2 nitrogen and oxygen atoms in total. The van der Waals surface area contributed by atoms with Gasteiger partial charge in [0.1, 0.15) is 0 Å². The fourth-order valence-electron chi connectivity index (χ4n) is 1.46. The summed E-state index contributed by atoms with van der Waals surface area (Å²) >= 11 is 0. The molecule has 0 heterocycles. The Bertz CT molecular complexity index is 299. The predicted octanol–water partition coefficient (Wildman–Crippen LogP) is 2.11. The van der Waals surface area contributed by atoms with E-state index in [9.17, 15) is 5.11 Å². The number of aryl methyl sites for hydroxylation is 2. The van der Waals surface area contributed by atoms with E-state index >= 15 is 0 Å². The highest BCUT2D eigenvalue weighted by Crippen LogP contribution is 2.19. The second kappa shape index (κ2) is 5.35. The van der Waals surface area contributed by atoms with E-state index in [4.69, 9.17) is 5.73 Å². The molecule has 0 unspecified atom stereocenters. The van der Waals surface area contributed by atoms with E-state index in [0.29, 0.717) is 0 Å². The molecule has 0 aromatic heterocycles.